The average Bonchev–Trinajstić information content (AvgIpc) is 2.73. The van der Waals surface area contributed by atoms with Crippen LogP contribution in [0.2, 0.25) is 0 Å². The van der Waals surface area contributed by atoms with Crippen LogP contribution in [0, 0.1) is 0 Å². The Kier molecular flexibility index (Phi) is 2.16. The van der Waals surface area contributed by atoms with E-state index in [0.29, 0.717) is 5.92 Å². The van der Waals surface area contributed by atoms with Gasteiger partial charge in [0.1, 0.15) is 17.1 Å². The molecule has 16 heavy (non-hydrogen) atoms. The second-order valence-electron chi connectivity index (χ2n) is 4.71. The number of hydrogen-bond acceptors (Lipinski definition) is 2. The summed E-state index contributed by atoms with van der Waals surface area (Å²) in [5.74, 6) is 2.54. The highest BCUT2D eigenvalue weighted by Gasteiger charge is 2.17. The third-order valence-corrected chi connectivity index (χ3v) is 3.19. The van der Waals surface area contributed by atoms with Gasteiger partial charge in [0.2, 0.25) is 0 Å². The van der Waals surface area contributed by atoms with E-state index in [1.165, 1.54) is 10.9 Å². The molecule has 2 aromatic rings. The lowest BCUT2D eigenvalue weighted by Gasteiger charge is -2.17. The van der Waals surface area contributed by atoms with Crippen LogP contribution >= 0.6 is 0 Å². The molecule has 3 rings (SSSR count). The molecule has 84 valence electrons. The molecular weight excluding hydrogens is 200 g/mol. The van der Waals surface area contributed by atoms with E-state index in [4.69, 9.17) is 9.15 Å². The topological polar surface area (TPSA) is 22.4 Å². The molecule has 2 heterocycles. The minimum absolute atomic E-state index is 0.438. The monoisotopic (exact) mass is 216 g/mol. The van der Waals surface area contributed by atoms with E-state index in [9.17, 15) is 0 Å². The molecule has 1 aliphatic heterocycles. The Morgan fingerprint density at radius 1 is 1.25 bits per heavy atom. The molecule has 1 aliphatic rings. The van der Waals surface area contributed by atoms with Crippen molar-refractivity contribution in [2.45, 2.75) is 32.6 Å². The van der Waals surface area contributed by atoms with E-state index in [1.807, 2.05) is 12.1 Å². The van der Waals surface area contributed by atoms with Crippen LogP contribution < -0.4 is 4.74 Å². The maximum Gasteiger partial charge on any atom is 0.134 e. The zero-order chi connectivity index (χ0) is 11.1. The number of ether oxygens (including phenoxy) is 1. The van der Waals surface area contributed by atoms with Gasteiger partial charge in [-0.15, -0.1) is 0 Å². The second-order valence-corrected chi connectivity index (χ2v) is 4.71. The summed E-state index contributed by atoms with van der Waals surface area (Å²) in [7, 11) is 0. The first-order valence-electron chi connectivity index (χ1n) is 5.94. The quantitative estimate of drug-likeness (QED) is 0.721. The molecule has 0 amide bonds. The maximum atomic E-state index is 5.84. The van der Waals surface area contributed by atoms with Crippen LogP contribution in [0.15, 0.2) is 22.6 Å². The Morgan fingerprint density at radius 2 is 2.12 bits per heavy atom. The molecule has 2 heteroatoms. The zero-order valence-electron chi connectivity index (χ0n) is 9.75. The molecule has 0 saturated heterocycles. The Hall–Kier alpha value is -1.44. The summed E-state index contributed by atoms with van der Waals surface area (Å²) in [5, 5.41) is 1.24. The van der Waals surface area contributed by atoms with Gasteiger partial charge in [-0.2, -0.15) is 0 Å². The van der Waals surface area contributed by atoms with Crippen LogP contribution in [0.3, 0.4) is 0 Å². The normalized spacial score (nSPS) is 15.2. The summed E-state index contributed by atoms with van der Waals surface area (Å²) in [5.41, 5.74) is 2.31. The lowest BCUT2D eigenvalue weighted by molar-refractivity contribution is 0.289. The van der Waals surface area contributed by atoms with Crippen LogP contribution in [0.25, 0.3) is 11.0 Å². The average molecular weight is 216 g/mol. The second kappa shape index (κ2) is 3.55. The highest BCUT2D eigenvalue weighted by atomic mass is 16.5. The number of fused-ring (bicyclic) bond motifs is 3. The van der Waals surface area contributed by atoms with Gasteiger partial charge in [-0.25, -0.2) is 0 Å². The molecule has 1 aromatic heterocycles. The summed E-state index contributed by atoms with van der Waals surface area (Å²) in [6, 6.07) is 6.23. The molecular formula is C14H16O2. The molecule has 0 fully saturated rings. The van der Waals surface area contributed by atoms with Crippen molar-refractivity contribution in [3.8, 4) is 5.75 Å². The highest BCUT2D eigenvalue weighted by molar-refractivity contribution is 5.84. The first-order chi connectivity index (χ1) is 7.75. The van der Waals surface area contributed by atoms with E-state index in [-0.39, 0.29) is 0 Å². The molecule has 0 aliphatic carbocycles. The van der Waals surface area contributed by atoms with Crippen molar-refractivity contribution >= 4 is 11.0 Å². The fourth-order valence-corrected chi connectivity index (χ4v) is 2.28. The molecule has 1 aromatic carbocycles. The van der Waals surface area contributed by atoms with Gasteiger partial charge in [0, 0.05) is 16.9 Å². The molecule has 0 atom stereocenters. The number of rotatable bonds is 1. The van der Waals surface area contributed by atoms with Crippen molar-refractivity contribution in [3.05, 3.63) is 29.5 Å². The SMILES string of the molecule is CC(C)c1cc2c3c(ccc2o1)OCCC3. The largest absolute Gasteiger partial charge is 0.493 e. The van der Waals surface area contributed by atoms with E-state index in [1.54, 1.807) is 0 Å². The highest BCUT2D eigenvalue weighted by Crippen LogP contribution is 2.35. The summed E-state index contributed by atoms with van der Waals surface area (Å²) >= 11 is 0. The van der Waals surface area contributed by atoms with E-state index >= 15 is 0 Å². The Morgan fingerprint density at radius 3 is 2.94 bits per heavy atom. The fraction of sp³-hybridized carbons (Fsp3) is 0.429. The van der Waals surface area contributed by atoms with E-state index in [0.717, 1.165) is 36.5 Å². The van der Waals surface area contributed by atoms with Crippen LogP contribution in [-0.4, -0.2) is 6.61 Å². The van der Waals surface area contributed by atoms with Crippen molar-refractivity contribution in [2.75, 3.05) is 6.61 Å². The predicted octanol–water partition coefficient (Wildman–Crippen LogP) is 3.88. The van der Waals surface area contributed by atoms with Crippen molar-refractivity contribution < 1.29 is 9.15 Å². The minimum Gasteiger partial charge on any atom is -0.493 e. The van der Waals surface area contributed by atoms with Gasteiger partial charge in [-0.1, -0.05) is 13.8 Å². The Labute approximate surface area is 95.2 Å². The fourth-order valence-electron chi connectivity index (χ4n) is 2.28. The van der Waals surface area contributed by atoms with Gasteiger partial charge in [-0.3, -0.25) is 0 Å². The standard InChI is InChI=1S/C14H16O2/c1-9(2)14-8-11-10-4-3-7-15-12(10)5-6-13(11)16-14/h5-6,8-9H,3-4,7H2,1-2H3. The van der Waals surface area contributed by atoms with Gasteiger partial charge in [-0.05, 0) is 31.0 Å². The van der Waals surface area contributed by atoms with Gasteiger partial charge in [0.05, 0.1) is 6.61 Å². The van der Waals surface area contributed by atoms with Crippen LogP contribution in [0.1, 0.15) is 37.5 Å². The third kappa shape index (κ3) is 1.41. The van der Waals surface area contributed by atoms with Gasteiger partial charge in [0.25, 0.3) is 0 Å². The Balaban J connectivity index is 2.22. The van der Waals surface area contributed by atoms with E-state index in [2.05, 4.69) is 19.9 Å². The lowest BCUT2D eigenvalue weighted by atomic mass is 10.0. The third-order valence-electron chi connectivity index (χ3n) is 3.19. The predicted molar refractivity (Wildman–Crippen MR) is 64.1 cm³/mol. The zero-order valence-corrected chi connectivity index (χ0v) is 9.75. The number of hydrogen-bond donors (Lipinski definition) is 0. The van der Waals surface area contributed by atoms with Crippen molar-refractivity contribution in [3.63, 3.8) is 0 Å². The summed E-state index contributed by atoms with van der Waals surface area (Å²) in [6.45, 7) is 5.15. The van der Waals surface area contributed by atoms with E-state index < -0.39 is 0 Å². The van der Waals surface area contributed by atoms with Gasteiger partial charge < -0.3 is 9.15 Å². The number of benzene rings is 1. The first-order valence-corrected chi connectivity index (χ1v) is 5.94. The first kappa shape index (κ1) is 9.76. The molecule has 0 N–H and O–H groups in total. The molecule has 0 spiro atoms. The Bertz CT molecular complexity index is 523. The summed E-state index contributed by atoms with van der Waals surface area (Å²) in [4.78, 5) is 0. The van der Waals surface area contributed by atoms with Crippen molar-refractivity contribution in [1.29, 1.82) is 0 Å². The minimum atomic E-state index is 0.438. The smallest absolute Gasteiger partial charge is 0.134 e. The van der Waals surface area contributed by atoms with Crippen LogP contribution in [0.5, 0.6) is 5.75 Å². The molecule has 0 unspecified atom stereocenters. The van der Waals surface area contributed by atoms with Crippen LogP contribution in [0.4, 0.5) is 0 Å². The molecule has 0 bridgehead atoms. The number of aryl methyl sites for hydroxylation is 1. The van der Waals surface area contributed by atoms with Gasteiger partial charge in [0.15, 0.2) is 0 Å². The van der Waals surface area contributed by atoms with Crippen molar-refractivity contribution in [2.24, 2.45) is 0 Å². The molecule has 0 saturated carbocycles. The van der Waals surface area contributed by atoms with Crippen molar-refractivity contribution in [1.82, 2.24) is 0 Å². The van der Waals surface area contributed by atoms with Crippen LogP contribution in [-0.2, 0) is 6.42 Å². The summed E-state index contributed by atoms with van der Waals surface area (Å²) in [6.07, 6.45) is 2.21. The number of furan rings is 1. The van der Waals surface area contributed by atoms with Gasteiger partial charge >= 0.3 is 0 Å². The molecule has 0 radical (unpaired) electrons. The molecule has 2 nitrogen and oxygen atoms in total. The lowest BCUT2D eigenvalue weighted by Crippen LogP contribution is -2.08. The summed E-state index contributed by atoms with van der Waals surface area (Å²) < 4.78 is 11.5. The maximum absolute atomic E-state index is 5.84.